The van der Waals surface area contributed by atoms with Gasteiger partial charge in [0.25, 0.3) is 0 Å². The molecule has 140 valence electrons. The van der Waals surface area contributed by atoms with E-state index in [0.717, 1.165) is 30.7 Å². The fraction of sp³-hybridized carbons (Fsp3) is 0.381. The Hall–Kier alpha value is -2.53. The fourth-order valence-corrected chi connectivity index (χ4v) is 2.50. The number of methoxy groups -OCH3 is 1. The first-order chi connectivity index (χ1) is 12.8. The molecule has 0 bridgehead atoms. The first-order valence-corrected chi connectivity index (χ1v) is 9.04. The van der Waals surface area contributed by atoms with Gasteiger partial charge >= 0.3 is 0 Å². The number of benzene rings is 2. The van der Waals surface area contributed by atoms with Crippen LogP contribution in [0.15, 0.2) is 54.6 Å². The van der Waals surface area contributed by atoms with Gasteiger partial charge in [-0.05, 0) is 37.0 Å². The number of ether oxygens (including phenoxy) is 2. The molecule has 2 aromatic carbocycles. The molecule has 0 aliphatic heterocycles. The van der Waals surface area contributed by atoms with E-state index in [1.165, 1.54) is 5.56 Å². The molecule has 5 nitrogen and oxygen atoms in total. The van der Waals surface area contributed by atoms with Crippen molar-refractivity contribution in [3.05, 3.63) is 60.2 Å². The molecule has 0 heterocycles. The van der Waals surface area contributed by atoms with Gasteiger partial charge in [0.1, 0.15) is 5.75 Å². The van der Waals surface area contributed by atoms with Crippen LogP contribution in [0.3, 0.4) is 0 Å². The Labute approximate surface area is 155 Å². The Morgan fingerprint density at radius 3 is 2.65 bits per heavy atom. The SMILES string of the molecule is COCCCNC(=O)CNc1cccc(OCCCc2ccccc2)c1. The number of nitrogens with one attached hydrogen (secondary N) is 2. The quantitative estimate of drug-likeness (QED) is 0.573. The molecule has 2 N–H and O–H groups in total. The smallest absolute Gasteiger partial charge is 0.239 e. The van der Waals surface area contributed by atoms with Crippen LogP contribution in [-0.2, 0) is 16.0 Å². The van der Waals surface area contributed by atoms with Gasteiger partial charge in [-0.3, -0.25) is 4.79 Å². The lowest BCUT2D eigenvalue weighted by Gasteiger charge is -2.10. The molecule has 0 aliphatic carbocycles. The van der Waals surface area contributed by atoms with E-state index in [1.54, 1.807) is 7.11 Å². The molecule has 0 saturated heterocycles. The average Bonchev–Trinajstić information content (AvgIpc) is 2.68. The normalized spacial score (nSPS) is 10.3. The second kappa shape index (κ2) is 11.9. The zero-order valence-electron chi connectivity index (χ0n) is 15.4. The van der Waals surface area contributed by atoms with Crippen LogP contribution in [-0.4, -0.2) is 39.3 Å². The highest BCUT2D eigenvalue weighted by molar-refractivity contribution is 5.80. The van der Waals surface area contributed by atoms with Crippen molar-refractivity contribution in [1.82, 2.24) is 5.32 Å². The second-order valence-corrected chi connectivity index (χ2v) is 6.02. The number of rotatable bonds is 12. The van der Waals surface area contributed by atoms with Gasteiger partial charge in [-0.25, -0.2) is 0 Å². The first kappa shape index (κ1) is 19.8. The van der Waals surface area contributed by atoms with Crippen molar-refractivity contribution in [3.63, 3.8) is 0 Å². The minimum Gasteiger partial charge on any atom is -0.494 e. The fourth-order valence-electron chi connectivity index (χ4n) is 2.50. The predicted octanol–water partition coefficient (Wildman–Crippen LogP) is 3.26. The summed E-state index contributed by atoms with van der Waals surface area (Å²) in [4.78, 5) is 11.8. The molecule has 0 radical (unpaired) electrons. The Morgan fingerprint density at radius 1 is 1.00 bits per heavy atom. The van der Waals surface area contributed by atoms with Crippen LogP contribution < -0.4 is 15.4 Å². The molecule has 26 heavy (non-hydrogen) atoms. The van der Waals surface area contributed by atoms with Crippen LogP contribution in [0.2, 0.25) is 0 Å². The third kappa shape index (κ3) is 8.03. The molecule has 1 amide bonds. The average molecular weight is 356 g/mol. The van der Waals surface area contributed by atoms with Crippen LogP contribution in [0.1, 0.15) is 18.4 Å². The maximum Gasteiger partial charge on any atom is 0.239 e. The molecule has 0 fully saturated rings. The molecule has 0 aromatic heterocycles. The van der Waals surface area contributed by atoms with E-state index in [9.17, 15) is 4.79 Å². The number of aryl methyl sites for hydroxylation is 1. The Bertz CT molecular complexity index is 647. The highest BCUT2D eigenvalue weighted by Crippen LogP contribution is 2.17. The molecule has 0 unspecified atom stereocenters. The van der Waals surface area contributed by atoms with Gasteiger partial charge in [0.05, 0.1) is 13.2 Å². The monoisotopic (exact) mass is 356 g/mol. The summed E-state index contributed by atoms with van der Waals surface area (Å²) in [5.41, 5.74) is 2.20. The van der Waals surface area contributed by atoms with E-state index in [4.69, 9.17) is 9.47 Å². The summed E-state index contributed by atoms with van der Waals surface area (Å²) in [6.07, 6.45) is 2.78. The summed E-state index contributed by atoms with van der Waals surface area (Å²) >= 11 is 0. The number of anilines is 1. The number of hydrogen-bond donors (Lipinski definition) is 2. The lowest BCUT2D eigenvalue weighted by Crippen LogP contribution is -2.31. The maximum atomic E-state index is 11.8. The van der Waals surface area contributed by atoms with Crippen molar-refractivity contribution < 1.29 is 14.3 Å². The van der Waals surface area contributed by atoms with Gasteiger partial charge in [-0.2, -0.15) is 0 Å². The third-order valence-electron chi connectivity index (χ3n) is 3.86. The number of amides is 1. The van der Waals surface area contributed by atoms with Crippen LogP contribution in [0.4, 0.5) is 5.69 Å². The van der Waals surface area contributed by atoms with E-state index >= 15 is 0 Å². The zero-order chi connectivity index (χ0) is 18.5. The molecule has 0 aliphatic rings. The van der Waals surface area contributed by atoms with E-state index in [2.05, 4.69) is 34.9 Å². The van der Waals surface area contributed by atoms with E-state index in [1.807, 2.05) is 30.3 Å². The van der Waals surface area contributed by atoms with Crippen LogP contribution in [0.25, 0.3) is 0 Å². The van der Waals surface area contributed by atoms with Crippen LogP contribution in [0, 0.1) is 0 Å². The number of carbonyl (C=O) groups excluding carboxylic acids is 1. The molecule has 0 saturated carbocycles. The summed E-state index contributed by atoms with van der Waals surface area (Å²) < 4.78 is 10.8. The highest BCUT2D eigenvalue weighted by atomic mass is 16.5. The maximum absolute atomic E-state index is 11.8. The number of carbonyl (C=O) groups is 1. The Kier molecular flexibility index (Phi) is 9.08. The molecule has 2 rings (SSSR count). The first-order valence-electron chi connectivity index (χ1n) is 9.04. The predicted molar refractivity (Wildman–Crippen MR) is 105 cm³/mol. The third-order valence-corrected chi connectivity index (χ3v) is 3.86. The minimum absolute atomic E-state index is 0.0321. The van der Waals surface area contributed by atoms with Crippen LogP contribution in [0.5, 0.6) is 5.75 Å². The molecule has 5 heteroatoms. The lowest BCUT2D eigenvalue weighted by atomic mass is 10.1. The summed E-state index contributed by atoms with van der Waals surface area (Å²) in [5.74, 6) is 0.777. The van der Waals surface area contributed by atoms with Crippen molar-refractivity contribution in [1.29, 1.82) is 0 Å². The standard InChI is InChI=1S/C21H28N2O3/c1-25-14-7-13-22-21(24)17-23-19-11-5-12-20(16-19)26-15-6-10-18-8-3-2-4-9-18/h2-5,8-9,11-12,16,23H,6-7,10,13-15,17H2,1H3,(H,22,24). The summed E-state index contributed by atoms with van der Waals surface area (Å²) in [7, 11) is 1.65. The van der Waals surface area contributed by atoms with Crippen molar-refractivity contribution in [2.24, 2.45) is 0 Å². The zero-order valence-corrected chi connectivity index (χ0v) is 15.4. The van der Waals surface area contributed by atoms with Crippen molar-refractivity contribution in [2.75, 3.05) is 38.7 Å². The minimum atomic E-state index is -0.0321. The van der Waals surface area contributed by atoms with Gasteiger partial charge in [0.2, 0.25) is 5.91 Å². The van der Waals surface area contributed by atoms with Crippen molar-refractivity contribution in [3.8, 4) is 5.75 Å². The van der Waals surface area contributed by atoms with Gasteiger partial charge in [0.15, 0.2) is 0 Å². The van der Waals surface area contributed by atoms with E-state index < -0.39 is 0 Å². The topological polar surface area (TPSA) is 59.6 Å². The molecular formula is C21H28N2O3. The second-order valence-electron chi connectivity index (χ2n) is 6.02. The Balaban J connectivity index is 1.66. The molecular weight excluding hydrogens is 328 g/mol. The van der Waals surface area contributed by atoms with Crippen molar-refractivity contribution in [2.45, 2.75) is 19.3 Å². The number of hydrogen-bond acceptors (Lipinski definition) is 4. The van der Waals surface area contributed by atoms with Gasteiger partial charge in [-0.1, -0.05) is 36.4 Å². The summed E-state index contributed by atoms with van der Waals surface area (Å²) in [6.45, 7) is 2.18. The Morgan fingerprint density at radius 2 is 1.85 bits per heavy atom. The molecule has 0 spiro atoms. The van der Waals surface area contributed by atoms with E-state index in [-0.39, 0.29) is 12.5 Å². The molecule has 0 atom stereocenters. The lowest BCUT2D eigenvalue weighted by molar-refractivity contribution is -0.119. The van der Waals surface area contributed by atoms with Gasteiger partial charge in [-0.15, -0.1) is 0 Å². The van der Waals surface area contributed by atoms with Crippen LogP contribution >= 0.6 is 0 Å². The largest absolute Gasteiger partial charge is 0.494 e. The van der Waals surface area contributed by atoms with E-state index in [0.29, 0.717) is 19.8 Å². The summed E-state index contributed by atoms with van der Waals surface area (Å²) in [5, 5.41) is 5.97. The van der Waals surface area contributed by atoms with Gasteiger partial charge in [0, 0.05) is 32.0 Å². The van der Waals surface area contributed by atoms with Gasteiger partial charge < -0.3 is 20.1 Å². The summed E-state index contributed by atoms with van der Waals surface area (Å²) in [6, 6.07) is 18.1. The molecule has 2 aromatic rings. The highest BCUT2D eigenvalue weighted by Gasteiger charge is 2.02. The van der Waals surface area contributed by atoms with Crippen molar-refractivity contribution >= 4 is 11.6 Å².